The van der Waals surface area contributed by atoms with Crippen LogP contribution in [0.15, 0.2) is 24.3 Å². The van der Waals surface area contributed by atoms with Crippen LogP contribution < -0.4 is 20.9 Å². The highest BCUT2D eigenvalue weighted by Gasteiger charge is 2.57. The number of hydrogen-bond donors (Lipinski definition) is 3. The Morgan fingerprint density at radius 1 is 1.03 bits per heavy atom. The van der Waals surface area contributed by atoms with Gasteiger partial charge in [-0.3, -0.25) is 19.3 Å². The summed E-state index contributed by atoms with van der Waals surface area (Å²) in [5.74, 6) is -9.17. The number of carbonyl (C=O) groups is 3. The van der Waals surface area contributed by atoms with Crippen LogP contribution >= 0.6 is 0 Å². The number of amides is 3. The minimum atomic E-state index is -5.92. The van der Waals surface area contributed by atoms with Crippen molar-refractivity contribution in [1.82, 2.24) is 10.6 Å². The molecule has 0 aliphatic carbocycles. The Morgan fingerprint density at radius 3 is 2.25 bits per heavy atom. The lowest BCUT2D eigenvalue weighted by Crippen LogP contribution is -2.53. The first-order valence-electron chi connectivity index (χ1n) is 8.82. The minimum absolute atomic E-state index is 0.112. The van der Waals surface area contributed by atoms with Gasteiger partial charge in [0.1, 0.15) is 19.0 Å². The van der Waals surface area contributed by atoms with Crippen LogP contribution in [0.1, 0.15) is 6.42 Å². The Kier molecular flexibility index (Phi) is 7.19. The first-order chi connectivity index (χ1) is 14.6. The highest BCUT2D eigenvalue weighted by atomic mass is 19.4. The highest BCUT2D eigenvalue weighted by Crippen LogP contribution is 2.34. The lowest BCUT2D eigenvalue weighted by Gasteiger charge is -2.26. The van der Waals surface area contributed by atoms with E-state index in [-0.39, 0.29) is 17.9 Å². The van der Waals surface area contributed by atoms with Crippen molar-refractivity contribution in [3.63, 3.8) is 0 Å². The van der Waals surface area contributed by atoms with Gasteiger partial charge in [0.15, 0.2) is 0 Å². The van der Waals surface area contributed by atoms with Crippen molar-refractivity contribution < 1.29 is 49.5 Å². The quantitative estimate of drug-likeness (QED) is 0.434. The Balaban J connectivity index is 2.05. The van der Waals surface area contributed by atoms with Crippen molar-refractivity contribution in [3.05, 3.63) is 24.3 Å². The number of benzene rings is 1. The molecule has 15 heteroatoms. The number of nitrogens with zero attached hydrogens (tertiary/aromatic N) is 1. The fourth-order valence-corrected chi connectivity index (χ4v) is 2.68. The molecule has 3 N–H and O–H groups in total. The van der Waals surface area contributed by atoms with Crippen LogP contribution in [0.2, 0.25) is 0 Å². The molecule has 0 radical (unpaired) electrons. The molecule has 1 aromatic carbocycles. The zero-order valence-electron chi connectivity index (χ0n) is 15.9. The molecule has 3 amide bonds. The topological polar surface area (TPSA) is 90.5 Å². The van der Waals surface area contributed by atoms with Crippen LogP contribution in [0.5, 0.6) is 0 Å². The number of rotatable bonds is 6. The summed E-state index contributed by atoms with van der Waals surface area (Å²) in [7, 11) is 0. The maximum absolute atomic E-state index is 13.0. The lowest BCUT2D eigenvalue weighted by molar-refractivity contribution is -0.278. The summed E-state index contributed by atoms with van der Waals surface area (Å²) < 4.78 is 101. The lowest BCUT2D eigenvalue weighted by atomic mass is 10.2. The van der Waals surface area contributed by atoms with E-state index in [2.05, 4.69) is 5.32 Å². The molecule has 0 aromatic heterocycles. The van der Waals surface area contributed by atoms with Crippen LogP contribution in [0.3, 0.4) is 0 Å². The second kappa shape index (κ2) is 9.16. The predicted molar refractivity (Wildman–Crippen MR) is 93.9 cm³/mol. The molecule has 0 bridgehead atoms. The smallest absolute Gasteiger partial charge is 0.381 e. The van der Waals surface area contributed by atoms with Gasteiger partial charge in [-0.15, -0.1) is 0 Å². The molecular weight excluding hydrogens is 460 g/mol. The summed E-state index contributed by atoms with van der Waals surface area (Å²) in [5, 5.41) is 5.91. The van der Waals surface area contributed by atoms with Crippen molar-refractivity contribution in [2.75, 3.05) is 29.9 Å². The largest absolute Gasteiger partial charge is 0.455 e. The van der Waals surface area contributed by atoms with Crippen LogP contribution in [-0.4, -0.2) is 61.7 Å². The Bertz CT molecular complexity index is 872. The van der Waals surface area contributed by atoms with Gasteiger partial charge in [0.25, 0.3) is 5.91 Å². The molecule has 0 spiro atoms. The average molecular weight is 476 g/mol. The van der Waals surface area contributed by atoms with E-state index < -0.39 is 61.5 Å². The summed E-state index contributed by atoms with van der Waals surface area (Å²) in [4.78, 5) is 36.5. The van der Waals surface area contributed by atoms with E-state index in [1.165, 1.54) is 29.6 Å². The van der Waals surface area contributed by atoms with Gasteiger partial charge in [-0.1, -0.05) is 12.1 Å². The van der Waals surface area contributed by atoms with E-state index in [1.54, 1.807) is 0 Å². The van der Waals surface area contributed by atoms with Crippen molar-refractivity contribution in [1.29, 1.82) is 0 Å². The van der Waals surface area contributed by atoms with Gasteiger partial charge in [-0.25, -0.2) is 0 Å². The first-order valence-corrected chi connectivity index (χ1v) is 8.82. The Labute approximate surface area is 175 Å². The van der Waals surface area contributed by atoms with E-state index in [0.717, 1.165) is 0 Å². The molecule has 0 unspecified atom stereocenters. The summed E-state index contributed by atoms with van der Waals surface area (Å²) >= 11 is 0. The molecule has 7 nitrogen and oxygen atoms in total. The molecule has 0 fully saturated rings. The van der Waals surface area contributed by atoms with Gasteiger partial charge < -0.3 is 16.0 Å². The number of alkyl halides is 8. The van der Waals surface area contributed by atoms with E-state index in [9.17, 15) is 49.5 Å². The molecule has 0 saturated carbocycles. The van der Waals surface area contributed by atoms with Gasteiger partial charge in [-0.05, 0) is 12.1 Å². The van der Waals surface area contributed by atoms with Crippen LogP contribution in [0.4, 0.5) is 46.5 Å². The zero-order valence-corrected chi connectivity index (χ0v) is 15.9. The minimum Gasteiger partial charge on any atom is -0.381 e. The summed E-state index contributed by atoms with van der Waals surface area (Å²) in [6, 6.07) is 3.93. The average Bonchev–Trinajstić information content (AvgIpc) is 2.77. The van der Waals surface area contributed by atoms with Crippen molar-refractivity contribution >= 4 is 29.1 Å². The molecular formula is C17H16F8N4O3. The number of hydrogen-bond acceptors (Lipinski definition) is 4. The monoisotopic (exact) mass is 476 g/mol. The molecule has 2 rings (SSSR count). The van der Waals surface area contributed by atoms with E-state index in [0.29, 0.717) is 4.90 Å². The van der Waals surface area contributed by atoms with Crippen molar-refractivity contribution in [2.45, 2.75) is 30.7 Å². The maximum atomic E-state index is 13.0. The molecule has 1 aliphatic heterocycles. The van der Waals surface area contributed by atoms with Gasteiger partial charge in [0.05, 0.1) is 17.9 Å². The number of anilines is 2. The van der Waals surface area contributed by atoms with Crippen molar-refractivity contribution in [3.8, 4) is 0 Å². The summed E-state index contributed by atoms with van der Waals surface area (Å²) in [6.45, 7) is -4.16. The second-order valence-corrected chi connectivity index (χ2v) is 6.71. The second-order valence-electron chi connectivity index (χ2n) is 6.71. The van der Waals surface area contributed by atoms with Crippen molar-refractivity contribution in [2.24, 2.45) is 0 Å². The standard InChI is InChI=1S/C17H16F8N4O3/c18-15(19,17(23,24)25)7-27-12(30)5-13(31)28-10-6-26-9-3-1-2-4-11(9)29(14(10)32)8-16(20,21)22/h1-4,10,26H,5-8H2,(H,27,30)(H,28,31)/t10-/m0/s1. The highest BCUT2D eigenvalue weighted by molar-refractivity contribution is 6.05. The van der Waals surface area contributed by atoms with Gasteiger partial charge in [0.2, 0.25) is 11.8 Å². The van der Waals surface area contributed by atoms with E-state index in [1.807, 2.05) is 5.32 Å². The van der Waals surface area contributed by atoms with Crippen LogP contribution in [-0.2, 0) is 14.4 Å². The Morgan fingerprint density at radius 2 is 1.66 bits per heavy atom. The molecule has 178 valence electrons. The summed E-state index contributed by atoms with van der Waals surface area (Å²) in [6.07, 6.45) is -11.9. The third kappa shape index (κ3) is 6.43. The fraction of sp³-hybridized carbons (Fsp3) is 0.471. The van der Waals surface area contributed by atoms with E-state index in [4.69, 9.17) is 0 Å². The number of para-hydroxylation sites is 2. The van der Waals surface area contributed by atoms with Gasteiger partial charge >= 0.3 is 18.3 Å². The third-order valence-corrected chi connectivity index (χ3v) is 4.17. The molecule has 32 heavy (non-hydrogen) atoms. The molecule has 1 heterocycles. The number of carbonyl (C=O) groups excluding carboxylic acids is 3. The number of nitrogens with one attached hydrogen (secondary N) is 3. The van der Waals surface area contributed by atoms with Crippen LogP contribution in [0.25, 0.3) is 0 Å². The Hall–Kier alpha value is -3.13. The normalized spacial score (nSPS) is 17.2. The number of fused-ring (bicyclic) bond motifs is 1. The molecule has 1 atom stereocenters. The fourth-order valence-electron chi connectivity index (χ4n) is 2.68. The first kappa shape index (κ1) is 25.1. The van der Waals surface area contributed by atoms with Gasteiger partial charge in [-0.2, -0.15) is 35.1 Å². The molecule has 1 aromatic rings. The zero-order chi connectivity index (χ0) is 24.3. The molecule has 1 aliphatic rings. The van der Waals surface area contributed by atoms with E-state index >= 15 is 0 Å². The summed E-state index contributed by atoms with van der Waals surface area (Å²) in [5.41, 5.74) is 0.0488. The predicted octanol–water partition coefficient (Wildman–Crippen LogP) is 2.20. The number of halogens is 8. The van der Waals surface area contributed by atoms with Gasteiger partial charge in [0, 0.05) is 6.54 Å². The SMILES string of the molecule is O=C(CC(=O)N[C@H]1CNc2ccccc2N(CC(F)(F)F)C1=O)NCC(F)(F)C(F)(F)F. The molecule has 0 saturated heterocycles. The van der Waals surface area contributed by atoms with Crippen LogP contribution in [0, 0.1) is 0 Å². The third-order valence-electron chi connectivity index (χ3n) is 4.17. The maximum Gasteiger partial charge on any atom is 0.455 e.